The number of hydrogen-bond donors (Lipinski definition) is 0. The molecule has 0 aliphatic carbocycles. The first-order chi connectivity index (χ1) is 7.45. The fourth-order valence-electron chi connectivity index (χ4n) is 2.49. The van der Waals surface area contributed by atoms with Crippen LogP contribution in [-0.2, 0) is 9.47 Å². The number of ether oxygens (including phenoxy) is 2. The first kappa shape index (κ1) is 11.9. The summed E-state index contributed by atoms with van der Waals surface area (Å²) in [6, 6.07) is 0. The lowest BCUT2D eigenvalue weighted by molar-refractivity contribution is -0.112. The van der Waals surface area contributed by atoms with E-state index < -0.39 is 0 Å². The average molecular weight is 222 g/mol. The van der Waals surface area contributed by atoms with E-state index in [-0.39, 0.29) is 17.3 Å². The molecular formula is C14H22O2. The van der Waals surface area contributed by atoms with E-state index in [0.29, 0.717) is 0 Å². The van der Waals surface area contributed by atoms with Gasteiger partial charge in [-0.15, -0.1) is 0 Å². The van der Waals surface area contributed by atoms with Crippen LogP contribution in [0, 0.1) is 0 Å². The zero-order valence-electron chi connectivity index (χ0n) is 10.7. The minimum Gasteiger partial charge on any atom is -0.369 e. The highest BCUT2D eigenvalue weighted by Crippen LogP contribution is 2.46. The van der Waals surface area contributed by atoms with Gasteiger partial charge in [0.2, 0.25) is 0 Å². The van der Waals surface area contributed by atoms with Gasteiger partial charge in [0.1, 0.15) is 0 Å². The third-order valence-corrected chi connectivity index (χ3v) is 3.37. The van der Waals surface area contributed by atoms with Crippen LogP contribution < -0.4 is 0 Å². The van der Waals surface area contributed by atoms with Crippen LogP contribution in [0.2, 0.25) is 0 Å². The Balaban J connectivity index is 2.02. The number of hydrogen-bond acceptors (Lipinski definition) is 2. The normalized spacial score (nSPS) is 38.2. The molecule has 0 amide bonds. The molecule has 2 aliphatic rings. The lowest BCUT2D eigenvalue weighted by Gasteiger charge is -2.38. The first-order valence-corrected chi connectivity index (χ1v) is 6.08. The summed E-state index contributed by atoms with van der Waals surface area (Å²) in [5.41, 5.74) is 1.34. The van der Waals surface area contributed by atoms with Gasteiger partial charge < -0.3 is 9.47 Å². The molecule has 2 heteroatoms. The Morgan fingerprint density at radius 3 is 2.62 bits per heavy atom. The van der Waals surface area contributed by atoms with Crippen LogP contribution in [-0.4, -0.2) is 23.9 Å². The van der Waals surface area contributed by atoms with E-state index in [1.807, 2.05) is 0 Å². The predicted octanol–water partition coefficient (Wildman–Crippen LogP) is 3.24. The van der Waals surface area contributed by atoms with Gasteiger partial charge in [0.05, 0.1) is 23.9 Å². The molecule has 0 bridgehead atoms. The number of rotatable bonds is 2. The van der Waals surface area contributed by atoms with E-state index in [1.54, 1.807) is 0 Å². The molecule has 2 atom stereocenters. The maximum absolute atomic E-state index is 6.05. The molecule has 2 unspecified atom stereocenters. The van der Waals surface area contributed by atoms with Crippen molar-refractivity contribution in [1.29, 1.82) is 0 Å². The van der Waals surface area contributed by atoms with Crippen molar-refractivity contribution in [3.63, 3.8) is 0 Å². The topological polar surface area (TPSA) is 21.8 Å². The molecule has 2 heterocycles. The van der Waals surface area contributed by atoms with Crippen molar-refractivity contribution in [3.8, 4) is 0 Å². The Morgan fingerprint density at radius 1 is 1.38 bits per heavy atom. The van der Waals surface area contributed by atoms with Crippen LogP contribution in [0.3, 0.4) is 0 Å². The van der Waals surface area contributed by atoms with Crippen LogP contribution in [0.5, 0.6) is 0 Å². The van der Waals surface area contributed by atoms with Crippen molar-refractivity contribution in [1.82, 2.24) is 0 Å². The second-order valence-electron chi connectivity index (χ2n) is 5.66. The van der Waals surface area contributed by atoms with Crippen molar-refractivity contribution in [2.45, 2.75) is 57.8 Å². The van der Waals surface area contributed by atoms with Crippen molar-refractivity contribution in [3.05, 3.63) is 23.8 Å². The first-order valence-electron chi connectivity index (χ1n) is 6.08. The van der Waals surface area contributed by atoms with Gasteiger partial charge >= 0.3 is 0 Å². The molecule has 2 nitrogen and oxygen atoms in total. The summed E-state index contributed by atoms with van der Waals surface area (Å²) in [6.07, 6.45) is 8.63. The molecular weight excluding hydrogens is 200 g/mol. The summed E-state index contributed by atoms with van der Waals surface area (Å²) in [6.45, 7) is 9.37. The van der Waals surface area contributed by atoms with Gasteiger partial charge in [-0.3, -0.25) is 0 Å². The summed E-state index contributed by atoms with van der Waals surface area (Å²) < 4.78 is 11.7. The van der Waals surface area contributed by atoms with Gasteiger partial charge in [-0.05, 0) is 27.7 Å². The minimum atomic E-state index is -0.0619. The summed E-state index contributed by atoms with van der Waals surface area (Å²) in [7, 11) is 0. The van der Waals surface area contributed by atoms with E-state index in [1.165, 1.54) is 5.57 Å². The second kappa shape index (κ2) is 4.01. The molecule has 2 fully saturated rings. The monoisotopic (exact) mass is 222 g/mol. The SMILES string of the molecule is CC=C(C)C=CC1CC2(CO2)CC(C)(C)O1. The van der Waals surface area contributed by atoms with E-state index in [0.717, 1.165) is 19.4 Å². The molecule has 2 saturated heterocycles. The molecule has 0 N–H and O–H groups in total. The maximum atomic E-state index is 6.05. The lowest BCUT2D eigenvalue weighted by Crippen LogP contribution is -2.43. The maximum Gasteiger partial charge on any atom is 0.0971 e. The largest absolute Gasteiger partial charge is 0.369 e. The molecule has 2 rings (SSSR count). The van der Waals surface area contributed by atoms with Crippen molar-refractivity contribution < 1.29 is 9.47 Å². The van der Waals surface area contributed by atoms with Crippen LogP contribution in [0.25, 0.3) is 0 Å². The van der Waals surface area contributed by atoms with Gasteiger partial charge in [-0.2, -0.15) is 0 Å². The molecule has 2 aliphatic heterocycles. The third kappa shape index (κ3) is 2.74. The highest BCUT2D eigenvalue weighted by Gasteiger charge is 2.53. The molecule has 0 saturated carbocycles. The van der Waals surface area contributed by atoms with Crippen LogP contribution in [0.4, 0.5) is 0 Å². The second-order valence-corrected chi connectivity index (χ2v) is 5.66. The number of allylic oxidation sites excluding steroid dienone is 3. The van der Waals surface area contributed by atoms with Gasteiger partial charge in [0.25, 0.3) is 0 Å². The average Bonchev–Trinajstić information content (AvgIpc) is 2.91. The Kier molecular flexibility index (Phi) is 2.97. The molecule has 16 heavy (non-hydrogen) atoms. The molecule has 0 radical (unpaired) electrons. The van der Waals surface area contributed by atoms with Crippen LogP contribution in [0.15, 0.2) is 23.8 Å². The Morgan fingerprint density at radius 2 is 2.06 bits per heavy atom. The lowest BCUT2D eigenvalue weighted by atomic mass is 9.85. The molecule has 90 valence electrons. The summed E-state index contributed by atoms with van der Waals surface area (Å²) in [4.78, 5) is 0. The standard InChI is InChI=1S/C14H22O2/c1-5-11(2)6-7-12-8-14(10-15-14)9-13(3,4)16-12/h5-7,12H,8-10H2,1-4H3. The Bertz CT molecular complexity index is 316. The molecule has 0 aromatic heterocycles. The fourth-order valence-corrected chi connectivity index (χ4v) is 2.49. The van der Waals surface area contributed by atoms with Crippen molar-refractivity contribution >= 4 is 0 Å². The fraction of sp³-hybridized carbons (Fsp3) is 0.714. The van der Waals surface area contributed by atoms with E-state index in [2.05, 4.69) is 45.9 Å². The highest BCUT2D eigenvalue weighted by atomic mass is 16.6. The van der Waals surface area contributed by atoms with Gasteiger partial charge in [0, 0.05) is 12.8 Å². The molecule has 0 aromatic carbocycles. The molecule has 1 spiro atoms. The van der Waals surface area contributed by atoms with E-state index in [4.69, 9.17) is 9.47 Å². The highest BCUT2D eigenvalue weighted by molar-refractivity contribution is 5.18. The Hall–Kier alpha value is -0.600. The van der Waals surface area contributed by atoms with Gasteiger partial charge in [-0.1, -0.05) is 23.8 Å². The van der Waals surface area contributed by atoms with Gasteiger partial charge in [-0.25, -0.2) is 0 Å². The summed E-state index contributed by atoms with van der Waals surface area (Å²) >= 11 is 0. The van der Waals surface area contributed by atoms with Crippen molar-refractivity contribution in [2.75, 3.05) is 6.61 Å². The molecule has 0 aromatic rings. The third-order valence-electron chi connectivity index (χ3n) is 3.37. The van der Waals surface area contributed by atoms with Crippen LogP contribution >= 0.6 is 0 Å². The van der Waals surface area contributed by atoms with Crippen molar-refractivity contribution in [2.24, 2.45) is 0 Å². The summed E-state index contributed by atoms with van der Waals surface area (Å²) in [5, 5.41) is 0. The zero-order valence-corrected chi connectivity index (χ0v) is 10.7. The predicted molar refractivity (Wildman–Crippen MR) is 65.4 cm³/mol. The smallest absolute Gasteiger partial charge is 0.0971 e. The quantitative estimate of drug-likeness (QED) is 0.528. The van der Waals surface area contributed by atoms with E-state index >= 15 is 0 Å². The minimum absolute atomic E-state index is 0.0619. The van der Waals surface area contributed by atoms with Gasteiger partial charge in [0.15, 0.2) is 0 Å². The number of epoxide rings is 1. The Labute approximate surface area is 98.3 Å². The van der Waals surface area contributed by atoms with E-state index in [9.17, 15) is 0 Å². The van der Waals surface area contributed by atoms with Crippen LogP contribution in [0.1, 0.15) is 40.5 Å². The zero-order chi connectivity index (χ0) is 11.8. The summed E-state index contributed by atoms with van der Waals surface area (Å²) in [5.74, 6) is 0.